The van der Waals surface area contributed by atoms with Crippen molar-refractivity contribution in [2.75, 3.05) is 24.4 Å². The zero-order valence-electron chi connectivity index (χ0n) is 16.5. The molecule has 2 N–H and O–H groups in total. The smallest absolute Gasteiger partial charge is 0.212 e. The number of piperidine rings is 1. The van der Waals surface area contributed by atoms with Gasteiger partial charge in [-0.25, -0.2) is 13.8 Å². The van der Waals surface area contributed by atoms with Crippen molar-refractivity contribution < 1.29 is 13.5 Å². The lowest BCUT2D eigenvalue weighted by atomic mass is 9.71. The molecule has 0 saturated carbocycles. The summed E-state index contributed by atoms with van der Waals surface area (Å²) < 4.78 is 41.4. The van der Waals surface area contributed by atoms with E-state index in [0.29, 0.717) is 16.6 Å². The molecule has 1 aromatic heterocycles. The van der Waals surface area contributed by atoms with Gasteiger partial charge < -0.3 is 14.8 Å². The van der Waals surface area contributed by atoms with E-state index in [4.69, 9.17) is 16.3 Å². The molecular formula is C21H21ClF2N4OS2. The highest BCUT2D eigenvalue weighted by Crippen LogP contribution is 2.38. The van der Waals surface area contributed by atoms with Crippen LogP contribution >= 0.6 is 35.1 Å². The number of benzene rings is 2. The minimum absolute atomic E-state index is 0.0771. The molecule has 4 rings (SSSR count). The SMILES string of the molecule is Fc1cc(SNc2ncns2)c(F)cc1OCCC1(c2ccc(Cl)cc2)CCNCC1. The molecule has 1 aliphatic rings. The zero-order valence-corrected chi connectivity index (χ0v) is 18.9. The van der Waals surface area contributed by atoms with E-state index in [1.165, 1.54) is 11.9 Å². The fraction of sp³-hybridized carbons (Fsp3) is 0.333. The molecular weight excluding hydrogens is 462 g/mol. The molecule has 0 atom stereocenters. The third-order valence-corrected chi connectivity index (χ3v) is 7.24. The molecule has 1 saturated heterocycles. The summed E-state index contributed by atoms with van der Waals surface area (Å²) in [4.78, 5) is 4.07. The zero-order chi connectivity index (χ0) is 21.7. The number of hydrogen-bond acceptors (Lipinski definition) is 7. The van der Waals surface area contributed by atoms with Crippen LogP contribution in [0.3, 0.4) is 0 Å². The summed E-state index contributed by atoms with van der Waals surface area (Å²) >= 11 is 8.12. The number of nitrogens with zero attached hydrogens (tertiary/aromatic N) is 2. The molecule has 0 unspecified atom stereocenters. The van der Waals surface area contributed by atoms with Crippen LogP contribution in [0.2, 0.25) is 5.02 Å². The topological polar surface area (TPSA) is 59.1 Å². The van der Waals surface area contributed by atoms with E-state index in [0.717, 1.165) is 61.5 Å². The van der Waals surface area contributed by atoms with Crippen molar-refractivity contribution in [1.82, 2.24) is 14.7 Å². The lowest BCUT2D eigenvalue weighted by Crippen LogP contribution is -2.40. The minimum Gasteiger partial charge on any atom is -0.490 e. The Kier molecular flexibility index (Phi) is 7.27. The van der Waals surface area contributed by atoms with Crippen molar-refractivity contribution in [2.45, 2.75) is 29.6 Å². The molecule has 3 aromatic rings. The highest BCUT2D eigenvalue weighted by molar-refractivity contribution is 8.00. The normalized spacial score (nSPS) is 15.6. The first-order valence-corrected chi connectivity index (χ1v) is 11.8. The first-order valence-electron chi connectivity index (χ1n) is 9.84. The van der Waals surface area contributed by atoms with Gasteiger partial charge in [-0.1, -0.05) is 23.7 Å². The van der Waals surface area contributed by atoms with Crippen LogP contribution in [0.1, 0.15) is 24.8 Å². The highest BCUT2D eigenvalue weighted by Gasteiger charge is 2.33. The molecule has 0 amide bonds. The second-order valence-corrected chi connectivity index (χ2v) is 9.36. The van der Waals surface area contributed by atoms with Crippen molar-refractivity contribution in [2.24, 2.45) is 0 Å². The van der Waals surface area contributed by atoms with E-state index in [1.54, 1.807) is 0 Å². The van der Waals surface area contributed by atoms with Crippen LogP contribution in [-0.4, -0.2) is 29.1 Å². The van der Waals surface area contributed by atoms with Crippen LogP contribution in [0.15, 0.2) is 47.6 Å². The van der Waals surface area contributed by atoms with E-state index >= 15 is 0 Å². The van der Waals surface area contributed by atoms with Crippen molar-refractivity contribution in [3.8, 4) is 5.75 Å². The van der Waals surface area contributed by atoms with Crippen LogP contribution < -0.4 is 14.8 Å². The summed E-state index contributed by atoms with van der Waals surface area (Å²) in [5, 5.41) is 4.59. The van der Waals surface area contributed by atoms with Gasteiger partial charge >= 0.3 is 0 Å². The molecule has 2 aromatic carbocycles. The summed E-state index contributed by atoms with van der Waals surface area (Å²) in [6.07, 6.45) is 3.98. The predicted octanol–water partition coefficient (Wildman–Crippen LogP) is 5.68. The fourth-order valence-electron chi connectivity index (χ4n) is 3.76. The third-order valence-electron chi connectivity index (χ3n) is 5.45. The Bertz CT molecular complexity index is 999. The molecule has 1 fully saturated rings. The molecule has 0 bridgehead atoms. The maximum atomic E-state index is 14.5. The Morgan fingerprint density at radius 2 is 1.94 bits per heavy atom. The summed E-state index contributed by atoms with van der Waals surface area (Å²) in [5.41, 5.74) is 1.12. The standard InChI is InChI=1S/C21H21ClF2N4OS2/c22-15-3-1-14(2-4-15)21(5-8-25-9-6-21)7-10-29-18-11-17(24)19(12-16(18)23)30-28-20-26-13-27-31-20/h1-4,11-13,25H,5-10H2,(H,26,27,28). The van der Waals surface area contributed by atoms with Crippen LogP contribution in [-0.2, 0) is 5.41 Å². The predicted molar refractivity (Wildman–Crippen MR) is 121 cm³/mol. The number of anilines is 1. The first kappa shape index (κ1) is 22.3. The number of aromatic nitrogens is 2. The van der Waals surface area contributed by atoms with Gasteiger partial charge in [0.1, 0.15) is 12.1 Å². The molecule has 1 aliphatic heterocycles. The Labute approximate surface area is 192 Å². The Balaban J connectivity index is 1.41. The maximum absolute atomic E-state index is 14.5. The molecule has 0 aliphatic carbocycles. The number of ether oxygens (including phenoxy) is 1. The molecule has 5 nitrogen and oxygen atoms in total. The van der Waals surface area contributed by atoms with Gasteiger partial charge in [-0.3, -0.25) is 0 Å². The summed E-state index contributed by atoms with van der Waals surface area (Å²) in [5.74, 6) is -1.25. The average molecular weight is 483 g/mol. The maximum Gasteiger partial charge on any atom is 0.212 e. The van der Waals surface area contributed by atoms with Crippen LogP contribution in [0.25, 0.3) is 0 Å². The number of rotatable bonds is 8. The lowest BCUT2D eigenvalue weighted by Gasteiger charge is -2.38. The van der Waals surface area contributed by atoms with Gasteiger partial charge in [0.25, 0.3) is 0 Å². The molecule has 164 valence electrons. The first-order chi connectivity index (χ1) is 15.1. The van der Waals surface area contributed by atoms with Gasteiger partial charge in [0, 0.05) is 28.0 Å². The monoisotopic (exact) mass is 482 g/mol. The van der Waals surface area contributed by atoms with Crippen molar-refractivity contribution in [3.05, 3.63) is 64.9 Å². The van der Waals surface area contributed by atoms with E-state index in [2.05, 4.69) is 19.4 Å². The average Bonchev–Trinajstić information content (AvgIpc) is 3.30. The second kappa shape index (κ2) is 10.1. The van der Waals surface area contributed by atoms with Crippen molar-refractivity contribution >= 4 is 40.2 Å². The Morgan fingerprint density at radius 3 is 2.65 bits per heavy atom. The number of halogens is 3. The van der Waals surface area contributed by atoms with Gasteiger partial charge in [-0.15, -0.1) is 0 Å². The Hall–Kier alpha value is -1.94. The van der Waals surface area contributed by atoms with Gasteiger partial charge in [-0.05, 0) is 68.1 Å². The van der Waals surface area contributed by atoms with E-state index in [9.17, 15) is 8.78 Å². The van der Waals surface area contributed by atoms with Crippen molar-refractivity contribution in [1.29, 1.82) is 0 Å². The fourth-order valence-corrected chi connectivity index (χ4v) is 5.02. The molecule has 0 radical (unpaired) electrons. The van der Waals surface area contributed by atoms with Gasteiger partial charge in [0.05, 0.1) is 11.5 Å². The summed E-state index contributed by atoms with van der Waals surface area (Å²) in [7, 11) is 0. The summed E-state index contributed by atoms with van der Waals surface area (Å²) in [6.45, 7) is 2.09. The lowest BCUT2D eigenvalue weighted by molar-refractivity contribution is 0.212. The number of hydrogen-bond donors (Lipinski definition) is 2. The van der Waals surface area contributed by atoms with Crippen molar-refractivity contribution in [3.63, 3.8) is 0 Å². The van der Waals surface area contributed by atoms with E-state index in [-0.39, 0.29) is 22.7 Å². The van der Waals surface area contributed by atoms with E-state index < -0.39 is 11.6 Å². The third kappa shape index (κ3) is 5.46. The molecule has 10 heteroatoms. The second-order valence-electron chi connectivity index (χ2n) is 7.30. The van der Waals surface area contributed by atoms with Crippen LogP contribution in [0, 0.1) is 11.6 Å². The molecule has 31 heavy (non-hydrogen) atoms. The van der Waals surface area contributed by atoms with Gasteiger partial charge in [-0.2, -0.15) is 4.37 Å². The Morgan fingerprint density at radius 1 is 1.16 bits per heavy atom. The number of nitrogens with one attached hydrogen (secondary N) is 2. The molecule has 0 spiro atoms. The van der Waals surface area contributed by atoms with Crippen LogP contribution in [0.5, 0.6) is 5.75 Å². The van der Waals surface area contributed by atoms with Crippen LogP contribution in [0.4, 0.5) is 13.9 Å². The van der Waals surface area contributed by atoms with Gasteiger partial charge in [0.2, 0.25) is 5.13 Å². The molecule has 2 heterocycles. The van der Waals surface area contributed by atoms with Gasteiger partial charge in [0.15, 0.2) is 11.6 Å². The van der Waals surface area contributed by atoms with E-state index in [1.807, 2.05) is 24.3 Å². The summed E-state index contributed by atoms with van der Waals surface area (Å²) in [6, 6.07) is 10.1. The largest absolute Gasteiger partial charge is 0.490 e. The quantitative estimate of drug-likeness (QED) is 0.403. The minimum atomic E-state index is -0.603. The highest BCUT2D eigenvalue weighted by atomic mass is 35.5.